The molecule has 8 nitrogen and oxygen atoms in total. The number of fused-ring (bicyclic) bond motifs is 2. The number of aliphatic carboxylic acids is 1. The Morgan fingerprint density at radius 3 is 2.30 bits per heavy atom. The van der Waals surface area contributed by atoms with Crippen LogP contribution in [0.1, 0.15) is 63.0 Å². The fourth-order valence-corrected chi connectivity index (χ4v) is 5.26. The van der Waals surface area contributed by atoms with Gasteiger partial charge < -0.3 is 20.0 Å². The molecule has 0 unspecified atom stereocenters. The first-order valence-corrected chi connectivity index (χ1v) is 15.2. The number of carbonyl (C=O) groups excluding carboxylic acids is 2. The zero-order valence-electron chi connectivity index (χ0n) is 25.7. The number of Topliss-reactive ketones (excluding diaryl/α,β-unsaturated/α-hetero) is 1. The molecule has 5 aromatic rings. The van der Waals surface area contributed by atoms with Gasteiger partial charge in [0.15, 0.2) is 0 Å². The molecule has 0 aliphatic heterocycles. The first kappa shape index (κ1) is 34.0. The molecule has 0 fully saturated rings. The van der Waals surface area contributed by atoms with Crippen LogP contribution in [0.2, 0.25) is 0 Å². The maximum atomic E-state index is 13.3. The summed E-state index contributed by atoms with van der Waals surface area (Å²) in [5.74, 6) is -1.74. The van der Waals surface area contributed by atoms with Crippen molar-refractivity contribution in [1.29, 1.82) is 0 Å². The third-order valence-electron chi connectivity index (χ3n) is 7.73. The minimum absolute atomic E-state index is 0.0470. The number of halogens is 3. The quantitative estimate of drug-likeness (QED) is 0.121. The number of unbranched alkanes of at least 4 members (excludes halogenated alkanes) is 2. The first-order chi connectivity index (χ1) is 22.0. The number of ketones is 1. The monoisotopic (exact) mass is 634 g/mol. The van der Waals surface area contributed by atoms with Crippen molar-refractivity contribution >= 4 is 39.3 Å². The molecule has 46 heavy (non-hydrogen) atoms. The topological polar surface area (TPSA) is 117 Å². The molecule has 0 spiro atoms. The van der Waals surface area contributed by atoms with Gasteiger partial charge in [-0.05, 0) is 54.1 Å². The van der Waals surface area contributed by atoms with Crippen LogP contribution in [0.5, 0.6) is 0 Å². The second-order valence-corrected chi connectivity index (χ2v) is 11.1. The van der Waals surface area contributed by atoms with Crippen LogP contribution in [0.25, 0.3) is 32.9 Å². The zero-order valence-corrected chi connectivity index (χ0v) is 25.7. The van der Waals surface area contributed by atoms with Crippen LogP contribution in [0, 0.1) is 6.92 Å². The fourth-order valence-electron chi connectivity index (χ4n) is 5.26. The minimum Gasteiger partial charge on any atom is -0.475 e. The van der Waals surface area contributed by atoms with Crippen LogP contribution in [0.3, 0.4) is 0 Å². The number of carboxylic acid groups (broad SMARTS) is 1. The summed E-state index contributed by atoms with van der Waals surface area (Å²) >= 11 is 0. The highest BCUT2D eigenvalue weighted by atomic mass is 19.4. The highest BCUT2D eigenvalue weighted by Crippen LogP contribution is 2.26. The van der Waals surface area contributed by atoms with E-state index in [0.717, 1.165) is 59.4 Å². The molecule has 3 N–H and O–H groups in total. The van der Waals surface area contributed by atoms with E-state index < -0.39 is 12.1 Å². The van der Waals surface area contributed by atoms with Gasteiger partial charge in [0.2, 0.25) is 5.91 Å². The van der Waals surface area contributed by atoms with E-state index in [2.05, 4.69) is 57.3 Å². The van der Waals surface area contributed by atoms with Gasteiger partial charge in [0.05, 0.1) is 17.9 Å². The number of alkyl halides is 3. The van der Waals surface area contributed by atoms with Crippen LogP contribution in [-0.2, 0) is 20.9 Å². The number of aryl methyl sites for hydroxylation is 1. The van der Waals surface area contributed by atoms with E-state index in [9.17, 15) is 22.8 Å². The lowest BCUT2D eigenvalue weighted by atomic mass is 10.0. The van der Waals surface area contributed by atoms with Crippen molar-refractivity contribution in [2.45, 2.75) is 71.1 Å². The van der Waals surface area contributed by atoms with Crippen LogP contribution < -0.4 is 5.32 Å². The molecule has 0 saturated heterocycles. The molecule has 11 heteroatoms. The maximum absolute atomic E-state index is 13.3. The number of benzene rings is 3. The number of carboxylic acids is 1. The molecule has 0 saturated carbocycles. The Hall–Kier alpha value is -4.93. The van der Waals surface area contributed by atoms with Crippen molar-refractivity contribution in [2.75, 3.05) is 0 Å². The van der Waals surface area contributed by atoms with Gasteiger partial charge >= 0.3 is 12.1 Å². The summed E-state index contributed by atoms with van der Waals surface area (Å²) in [5, 5.41) is 13.9. The molecule has 0 aliphatic carbocycles. The molecule has 1 atom stereocenters. The van der Waals surface area contributed by atoms with Crippen molar-refractivity contribution in [3.63, 3.8) is 0 Å². The fraction of sp³-hybridized carbons (Fsp3) is 0.314. The second-order valence-electron chi connectivity index (χ2n) is 11.1. The van der Waals surface area contributed by atoms with Gasteiger partial charge in [-0.2, -0.15) is 13.2 Å². The number of H-pyrrole nitrogens is 1. The number of hydrogen-bond donors (Lipinski definition) is 3. The lowest BCUT2D eigenvalue weighted by Gasteiger charge is -2.18. The molecule has 2 aromatic heterocycles. The second kappa shape index (κ2) is 15.4. The number of amides is 1. The van der Waals surface area contributed by atoms with Crippen LogP contribution >= 0.6 is 0 Å². The number of nitrogens with one attached hydrogen (secondary N) is 2. The summed E-state index contributed by atoms with van der Waals surface area (Å²) in [5.41, 5.74) is 4.10. The standard InChI is InChI=1S/C33H36N4O2.C2HF3O2/c1-3-28(38)14-5-4-6-15-29(35-32(39)22-37-23(2)19-27-13-9-10-16-31(27)37)33-34-21-30(36-33)26-18-17-24-11-7-8-12-25(24)20-26;3-2(4,5)1(6)7/h7-13,16-21,29H,3-6,14-15,22H2,1-2H3,(H,34,36)(H,35,39);(H,6,7)/t29-;/m0./s1. The van der Waals surface area contributed by atoms with Crippen molar-refractivity contribution in [3.05, 3.63) is 90.5 Å². The van der Waals surface area contributed by atoms with Crippen LogP contribution in [-0.4, -0.2) is 43.5 Å². The number of nitrogens with zero attached hydrogens (tertiary/aromatic N) is 2. The van der Waals surface area contributed by atoms with E-state index in [0.29, 0.717) is 18.6 Å². The number of aromatic nitrogens is 3. The Morgan fingerprint density at radius 1 is 0.935 bits per heavy atom. The summed E-state index contributed by atoms with van der Waals surface area (Å²) in [6, 6.07) is 24.7. The Balaban J connectivity index is 0.000000617. The molecule has 2 heterocycles. The lowest BCUT2D eigenvalue weighted by molar-refractivity contribution is -0.192. The molecular weight excluding hydrogens is 597 g/mol. The summed E-state index contributed by atoms with van der Waals surface area (Å²) in [6.45, 7) is 4.19. The molecule has 0 bridgehead atoms. The van der Waals surface area contributed by atoms with Gasteiger partial charge in [0.1, 0.15) is 18.2 Å². The number of hydrogen-bond acceptors (Lipinski definition) is 4. The summed E-state index contributed by atoms with van der Waals surface area (Å²) in [4.78, 5) is 42.1. The predicted molar refractivity (Wildman–Crippen MR) is 171 cm³/mol. The number of imidazole rings is 1. The predicted octanol–water partition coefficient (Wildman–Crippen LogP) is 7.91. The molecule has 0 radical (unpaired) electrons. The normalized spacial score (nSPS) is 12.0. The number of carbonyl (C=O) groups is 3. The van der Waals surface area contributed by atoms with E-state index in [1.165, 1.54) is 10.8 Å². The van der Waals surface area contributed by atoms with Crippen molar-refractivity contribution < 1.29 is 32.7 Å². The average Bonchev–Trinajstić information content (AvgIpc) is 3.64. The van der Waals surface area contributed by atoms with Crippen LogP contribution in [0.15, 0.2) is 79.0 Å². The van der Waals surface area contributed by atoms with E-state index >= 15 is 0 Å². The Labute approximate surface area is 264 Å². The zero-order chi connectivity index (χ0) is 33.3. The van der Waals surface area contributed by atoms with E-state index in [1.54, 1.807) is 0 Å². The molecular formula is C35H37F3N4O4. The van der Waals surface area contributed by atoms with Gasteiger partial charge in [0, 0.05) is 29.6 Å². The molecule has 5 rings (SSSR count). The van der Waals surface area contributed by atoms with Crippen molar-refractivity contribution in [1.82, 2.24) is 19.9 Å². The average molecular weight is 635 g/mol. The molecule has 1 amide bonds. The van der Waals surface area contributed by atoms with Gasteiger partial charge in [0.25, 0.3) is 0 Å². The Kier molecular flexibility index (Phi) is 11.3. The third-order valence-corrected chi connectivity index (χ3v) is 7.73. The highest BCUT2D eigenvalue weighted by Gasteiger charge is 2.38. The SMILES string of the molecule is CCC(=O)CCCCC[C@H](NC(=O)Cn1c(C)cc2ccccc21)c1ncc(-c2ccc3ccccc3c2)[nH]1.O=C(O)C(F)(F)F. The van der Waals surface area contributed by atoms with Gasteiger partial charge in [-0.3, -0.25) is 9.59 Å². The summed E-state index contributed by atoms with van der Waals surface area (Å²) in [7, 11) is 0. The van der Waals surface area contributed by atoms with Gasteiger partial charge in [-0.25, -0.2) is 9.78 Å². The largest absolute Gasteiger partial charge is 0.490 e. The van der Waals surface area contributed by atoms with E-state index in [4.69, 9.17) is 14.9 Å². The van der Waals surface area contributed by atoms with Crippen molar-refractivity contribution in [3.8, 4) is 11.3 Å². The highest BCUT2D eigenvalue weighted by molar-refractivity contribution is 5.87. The number of rotatable bonds is 12. The van der Waals surface area contributed by atoms with Crippen molar-refractivity contribution in [2.24, 2.45) is 0 Å². The smallest absolute Gasteiger partial charge is 0.475 e. The summed E-state index contributed by atoms with van der Waals surface area (Å²) < 4.78 is 33.8. The lowest BCUT2D eigenvalue weighted by Crippen LogP contribution is -2.32. The van der Waals surface area contributed by atoms with Crippen LogP contribution in [0.4, 0.5) is 13.2 Å². The summed E-state index contributed by atoms with van der Waals surface area (Å²) in [6.07, 6.45) is 1.46. The van der Waals surface area contributed by atoms with Gasteiger partial charge in [-0.1, -0.05) is 74.4 Å². The minimum atomic E-state index is -5.08. The Morgan fingerprint density at radius 2 is 1.61 bits per heavy atom. The first-order valence-electron chi connectivity index (χ1n) is 15.2. The number of aromatic amines is 1. The third kappa shape index (κ3) is 9.06. The Bertz CT molecular complexity index is 1810. The molecule has 242 valence electrons. The van der Waals surface area contributed by atoms with E-state index in [-0.39, 0.29) is 18.5 Å². The maximum Gasteiger partial charge on any atom is 0.490 e. The molecule has 3 aromatic carbocycles. The van der Waals surface area contributed by atoms with E-state index in [1.807, 2.05) is 50.4 Å². The number of para-hydroxylation sites is 1. The van der Waals surface area contributed by atoms with Gasteiger partial charge in [-0.15, -0.1) is 0 Å². The molecule has 0 aliphatic rings.